The fourth-order valence-corrected chi connectivity index (χ4v) is 6.62. The van der Waals surface area contributed by atoms with Gasteiger partial charge in [0.25, 0.3) is 5.91 Å². The Bertz CT molecular complexity index is 1080. The van der Waals surface area contributed by atoms with Crippen molar-refractivity contribution in [2.45, 2.75) is 77.3 Å². The summed E-state index contributed by atoms with van der Waals surface area (Å²) in [6.45, 7) is 5.64. The molecule has 1 aromatic heterocycles. The van der Waals surface area contributed by atoms with Gasteiger partial charge < -0.3 is 9.80 Å². The molecule has 7 heteroatoms. The van der Waals surface area contributed by atoms with E-state index in [0.29, 0.717) is 25.2 Å². The van der Waals surface area contributed by atoms with Crippen LogP contribution in [0.1, 0.15) is 80.8 Å². The van der Waals surface area contributed by atoms with Crippen LogP contribution in [0.4, 0.5) is 13.2 Å². The fourth-order valence-electron chi connectivity index (χ4n) is 6.62. The zero-order chi connectivity index (χ0) is 27.5. The number of aromatic nitrogens is 1. The molecule has 0 N–H and O–H groups in total. The van der Waals surface area contributed by atoms with Gasteiger partial charge in [-0.2, -0.15) is 13.2 Å². The van der Waals surface area contributed by atoms with Gasteiger partial charge in [0.2, 0.25) is 0 Å². The Morgan fingerprint density at radius 1 is 0.923 bits per heavy atom. The number of alkyl halides is 3. The SMILES string of the molecule is CCC1CCN(C(=O)c2ccc(-c3ccc(CCC4CCN(CC5(C(F)(F)F)CCC5)CC4)nc3)cc2)CC1. The molecule has 3 aliphatic rings. The van der Waals surface area contributed by atoms with Crippen LogP contribution >= 0.6 is 0 Å². The first-order chi connectivity index (χ1) is 18.8. The average Bonchev–Trinajstić information content (AvgIpc) is 2.94. The summed E-state index contributed by atoms with van der Waals surface area (Å²) in [7, 11) is 0. The smallest absolute Gasteiger partial charge is 0.339 e. The number of hydrogen-bond acceptors (Lipinski definition) is 3. The highest BCUT2D eigenvalue weighted by Gasteiger charge is 2.58. The van der Waals surface area contributed by atoms with Crippen molar-refractivity contribution in [3.8, 4) is 11.1 Å². The minimum atomic E-state index is -4.08. The van der Waals surface area contributed by atoms with Crippen LogP contribution in [0.5, 0.6) is 0 Å². The number of carbonyl (C=O) groups excluding carboxylic acids is 1. The zero-order valence-corrected chi connectivity index (χ0v) is 23.2. The van der Waals surface area contributed by atoms with Crippen molar-refractivity contribution in [3.63, 3.8) is 0 Å². The lowest BCUT2D eigenvalue weighted by atomic mass is 9.67. The highest BCUT2D eigenvalue weighted by atomic mass is 19.4. The van der Waals surface area contributed by atoms with Crippen LogP contribution in [0.2, 0.25) is 0 Å². The third-order valence-corrected chi connectivity index (χ3v) is 9.72. The number of hydrogen-bond donors (Lipinski definition) is 0. The van der Waals surface area contributed by atoms with Crippen molar-refractivity contribution >= 4 is 5.91 Å². The number of carbonyl (C=O) groups is 1. The predicted molar refractivity (Wildman–Crippen MR) is 148 cm³/mol. The first kappa shape index (κ1) is 28.1. The predicted octanol–water partition coefficient (Wildman–Crippen LogP) is 7.39. The van der Waals surface area contributed by atoms with E-state index in [-0.39, 0.29) is 12.5 Å². The van der Waals surface area contributed by atoms with Crippen LogP contribution in [-0.4, -0.2) is 59.6 Å². The number of piperidine rings is 2. The Hall–Kier alpha value is -2.41. The van der Waals surface area contributed by atoms with Gasteiger partial charge in [-0.25, -0.2) is 0 Å². The maximum atomic E-state index is 13.5. The largest absolute Gasteiger partial charge is 0.395 e. The van der Waals surface area contributed by atoms with Crippen molar-refractivity contribution in [1.29, 1.82) is 0 Å². The Balaban J connectivity index is 1.07. The Kier molecular flexibility index (Phi) is 8.65. The summed E-state index contributed by atoms with van der Waals surface area (Å²) in [5, 5.41) is 0. The summed E-state index contributed by atoms with van der Waals surface area (Å²) >= 11 is 0. The molecule has 0 bridgehead atoms. The van der Waals surface area contributed by atoms with E-state index in [2.05, 4.69) is 24.0 Å². The maximum Gasteiger partial charge on any atom is 0.395 e. The topological polar surface area (TPSA) is 36.4 Å². The van der Waals surface area contributed by atoms with Gasteiger partial charge in [0.1, 0.15) is 0 Å². The number of nitrogens with zero attached hydrogens (tertiary/aromatic N) is 3. The summed E-state index contributed by atoms with van der Waals surface area (Å²) in [5.41, 5.74) is 2.42. The average molecular weight is 542 g/mol. The third kappa shape index (κ3) is 6.50. The van der Waals surface area contributed by atoms with Crippen LogP contribution < -0.4 is 0 Å². The second kappa shape index (κ2) is 12.0. The van der Waals surface area contributed by atoms with Gasteiger partial charge in [0.05, 0.1) is 5.41 Å². The summed E-state index contributed by atoms with van der Waals surface area (Å²) in [4.78, 5) is 21.6. The summed E-state index contributed by atoms with van der Waals surface area (Å²) < 4.78 is 40.6. The summed E-state index contributed by atoms with van der Waals surface area (Å²) in [5.74, 6) is 1.41. The lowest BCUT2D eigenvalue weighted by Crippen LogP contribution is -2.53. The van der Waals surface area contributed by atoms with Crippen molar-refractivity contribution in [2.75, 3.05) is 32.7 Å². The first-order valence-electron chi connectivity index (χ1n) is 14.9. The fraction of sp³-hybridized carbons (Fsp3) is 0.625. The van der Waals surface area contributed by atoms with Gasteiger partial charge in [0.15, 0.2) is 0 Å². The summed E-state index contributed by atoms with van der Waals surface area (Å²) in [6.07, 6.45) is 6.34. The monoisotopic (exact) mass is 541 g/mol. The molecule has 0 radical (unpaired) electrons. The van der Waals surface area contributed by atoms with E-state index < -0.39 is 11.6 Å². The molecule has 212 valence electrons. The lowest BCUT2D eigenvalue weighted by molar-refractivity contribution is -0.256. The number of benzene rings is 1. The quantitative estimate of drug-likeness (QED) is 0.350. The van der Waals surface area contributed by atoms with E-state index in [9.17, 15) is 18.0 Å². The Labute approximate surface area is 231 Å². The zero-order valence-electron chi connectivity index (χ0n) is 23.2. The van der Waals surface area contributed by atoms with Gasteiger partial charge in [-0.15, -0.1) is 0 Å². The molecule has 3 fully saturated rings. The molecule has 0 atom stereocenters. The van der Waals surface area contributed by atoms with Crippen molar-refractivity contribution in [1.82, 2.24) is 14.8 Å². The highest BCUT2D eigenvalue weighted by molar-refractivity contribution is 5.94. The van der Waals surface area contributed by atoms with Gasteiger partial charge in [-0.1, -0.05) is 38.0 Å². The highest BCUT2D eigenvalue weighted by Crippen LogP contribution is 2.53. The molecule has 0 spiro atoms. The van der Waals surface area contributed by atoms with E-state index in [0.717, 1.165) is 93.0 Å². The number of halogens is 3. The Morgan fingerprint density at radius 3 is 2.10 bits per heavy atom. The van der Waals surface area contributed by atoms with Crippen LogP contribution in [0.15, 0.2) is 42.6 Å². The summed E-state index contributed by atoms with van der Waals surface area (Å²) in [6, 6.07) is 12.0. The lowest BCUT2D eigenvalue weighted by Gasteiger charge is -2.47. The number of aryl methyl sites for hydroxylation is 1. The molecule has 2 aromatic rings. The molecule has 0 unspecified atom stereocenters. The standard InChI is InChI=1S/C32H42F3N3O/c1-2-24-14-20-38(21-15-24)30(39)27-7-5-26(6-8-27)28-9-11-29(36-22-28)10-4-25-12-18-37(19-13-25)23-31(16-3-17-31)32(33,34)35/h5-9,11,22,24-25H,2-4,10,12-21,23H2,1H3. The Morgan fingerprint density at radius 2 is 1.56 bits per heavy atom. The maximum absolute atomic E-state index is 13.5. The van der Waals surface area contributed by atoms with E-state index in [1.807, 2.05) is 40.3 Å². The number of likely N-dealkylation sites (tertiary alicyclic amines) is 2. The van der Waals surface area contributed by atoms with Crippen molar-refractivity contribution in [3.05, 3.63) is 53.9 Å². The van der Waals surface area contributed by atoms with Gasteiger partial charge in [0, 0.05) is 42.7 Å². The van der Waals surface area contributed by atoms with E-state index in [4.69, 9.17) is 0 Å². The van der Waals surface area contributed by atoms with E-state index in [1.54, 1.807) is 0 Å². The molecule has 5 rings (SSSR count). The molecule has 2 saturated heterocycles. The number of amides is 1. The molecule has 3 heterocycles. The van der Waals surface area contributed by atoms with E-state index >= 15 is 0 Å². The molecular formula is C32H42F3N3O. The van der Waals surface area contributed by atoms with Gasteiger partial charge in [-0.05, 0) is 100 Å². The second-order valence-corrected chi connectivity index (χ2v) is 12.1. The first-order valence-corrected chi connectivity index (χ1v) is 14.9. The molecule has 1 saturated carbocycles. The van der Waals surface area contributed by atoms with Crippen LogP contribution in [0.25, 0.3) is 11.1 Å². The van der Waals surface area contributed by atoms with Gasteiger partial charge in [-0.3, -0.25) is 9.78 Å². The molecule has 39 heavy (non-hydrogen) atoms. The third-order valence-electron chi connectivity index (χ3n) is 9.72. The minimum absolute atomic E-state index is 0.123. The molecular weight excluding hydrogens is 499 g/mol. The van der Waals surface area contributed by atoms with Crippen LogP contribution in [0.3, 0.4) is 0 Å². The second-order valence-electron chi connectivity index (χ2n) is 12.1. The number of rotatable bonds is 8. The van der Waals surface area contributed by atoms with Crippen molar-refractivity contribution < 1.29 is 18.0 Å². The van der Waals surface area contributed by atoms with Crippen LogP contribution in [-0.2, 0) is 6.42 Å². The molecule has 1 aliphatic carbocycles. The van der Waals surface area contributed by atoms with Crippen LogP contribution in [0, 0.1) is 17.3 Å². The molecule has 1 aromatic carbocycles. The molecule has 4 nitrogen and oxygen atoms in total. The van der Waals surface area contributed by atoms with E-state index in [1.165, 1.54) is 6.42 Å². The number of pyridine rings is 1. The normalized spacial score (nSPS) is 21.1. The van der Waals surface area contributed by atoms with Gasteiger partial charge >= 0.3 is 6.18 Å². The van der Waals surface area contributed by atoms with Crippen molar-refractivity contribution in [2.24, 2.45) is 17.3 Å². The molecule has 1 amide bonds. The molecule has 2 aliphatic heterocycles. The minimum Gasteiger partial charge on any atom is -0.339 e.